The van der Waals surface area contributed by atoms with Gasteiger partial charge in [0.2, 0.25) is 5.75 Å². The Morgan fingerprint density at radius 3 is 2.13 bits per heavy atom. The average molecular weight is 532 g/mol. The third-order valence-corrected chi connectivity index (χ3v) is 6.83. The fraction of sp³-hybridized carbons (Fsp3) is 0.593. The molecule has 2 aromatic heterocycles. The van der Waals surface area contributed by atoms with Crippen molar-refractivity contribution in [3.05, 3.63) is 39.3 Å². The molecular formula is C27H41N5O6. The number of aliphatic hydroxyl groups excluding tert-OH is 1. The highest BCUT2D eigenvalue weighted by Crippen LogP contribution is 2.39. The van der Waals surface area contributed by atoms with E-state index in [0.717, 1.165) is 57.1 Å². The Hall–Kier alpha value is -3.47. The SMILES string of the molecule is COc1cc(NCC(O)CCCCCCCCCn2c(=O)c3c(ncn3C)n(C)c2=O)cc(OC)c1OC. The number of aryl methyl sites for hydroxylation is 2. The molecular weight excluding hydrogens is 490 g/mol. The van der Waals surface area contributed by atoms with E-state index in [2.05, 4.69) is 10.3 Å². The van der Waals surface area contributed by atoms with Crippen molar-refractivity contribution < 1.29 is 19.3 Å². The molecule has 38 heavy (non-hydrogen) atoms. The topological polar surface area (TPSA) is 122 Å². The van der Waals surface area contributed by atoms with Crippen molar-refractivity contribution in [2.45, 2.75) is 64.0 Å². The minimum absolute atomic E-state index is 0.276. The average Bonchev–Trinajstić information content (AvgIpc) is 3.32. The molecule has 2 N–H and O–H groups in total. The second-order valence-corrected chi connectivity index (χ2v) is 9.54. The van der Waals surface area contributed by atoms with E-state index in [1.807, 2.05) is 12.1 Å². The summed E-state index contributed by atoms with van der Waals surface area (Å²) in [6.45, 7) is 0.847. The Kier molecular flexibility index (Phi) is 10.6. The highest BCUT2D eigenvalue weighted by Gasteiger charge is 2.15. The second kappa shape index (κ2) is 13.9. The number of rotatable bonds is 16. The maximum absolute atomic E-state index is 12.7. The van der Waals surface area contributed by atoms with Gasteiger partial charge in [-0.05, 0) is 12.8 Å². The van der Waals surface area contributed by atoms with Gasteiger partial charge in [0.25, 0.3) is 5.56 Å². The Bertz CT molecular complexity index is 1290. The summed E-state index contributed by atoms with van der Waals surface area (Å²) in [5, 5.41) is 13.6. The van der Waals surface area contributed by atoms with Crippen LogP contribution in [0.4, 0.5) is 5.69 Å². The van der Waals surface area contributed by atoms with Crippen LogP contribution in [0.2, 0.25) is 0 Å². The van der Waals surface area contributed by atoms with Crippen LogP contribution in [0.5, 0.6) is 17.2 Å². The van der Waals surface area contributed by atoms with E-state index < -0.39 is 6.10 Å². The van der Waals surface area contributed by atoms with Gasteiger partial charge >= 0.3 is 5.69 Å². The summed E-state index contributed by atoms with van der Waals surface area (Å²) in [6.07, 6.45) is 8.81. The largest absolute Gasteiger partial charge is 0.493 e. The number of methoxy groups -OCH3 is 3. The molecule has 1 aromatic carbocycles. The minimum atomic E-state index is -0.452. The van der Waals surface area contributed by atoms with E-state index in [9.17, 15) is 14.7 Å². The number of hydrogen-bond acceptors (Lipinski definition) is 8. The quantitative estimate of drug-likeness (QED) is 0.271. The van der Waals surface area contributed by atoms with Crippen molar-refractivity contribution in [3.8, 4) is 17.2 Å². The Morgan fingerprint density at radius 1 is 0.921 bits per heavy atom. The fourth-order valence-corrected chi connectivity index (χ4v) is 4.65. The van der Waals surface area contributed by atoms with Crippen molar-refractivity contribution in [1.29, 1.82) is 0 Å². The van der Waals surface area contributed by atoms with Crippen LogP contribution in [0.1, 0.15) is 51.4 Å². The molecule has 0 aliphatic carbocycles. The number of anilines is 1. The number of ether oxygens (including phenoxy) is 3. The third kappa shape index (κ3) is 6.89. The summed E-state index contributed by atoms with van der Waals surface area (Å²) >= 11 is 0. The molecule has 0 amide bonds. The Morgan fingerprint density at radius 2 is 1.53 bits per heavy atom. The maximum atomic E-state index is 12.7. The normalized spacial score (nSPS) is 12.1. The number of imidazole rings is 1. The molecule has 0 saturated carbocycles. The van der Waals surface area contributed by atoms with Gasteiger partial charge in [-0.1, -0.05) is 38.5 Å². The van der Waals surface area contributed by atoms with Crippen LogP contribution >= 0.6 is 0 Å². The van der Waals surface area contributed by atoms with Gasteiger partial charge in [0.15, 0.2) is 22.7 Å². The number of aromatic nitrogens is 4. The molecule has 0 bridgehead atoms. The van der Waals surface area contributed by atoms with E-state index in [1.165, 1.54) is 9.13 Å². The number of nitrogens with zero attached hydrogens (tertiary/aromatic N) is 4. The summed E-state index contributed by atoms with van der Waals surface area (Å²) in [7, 11) is 8.11. The van der Waals surface area contributed by atoms with Gasteiger partial charge in [0.1, 0.15) is 0 Å². The van der Waals surface area contributed by atoms with Crippen LogP contribution in [0.3, 0.4) is 0 Å². The number of aliphatic hydroxyl groups is 1. The third-order valence-electron chi connectivity index (χ3n) is 6.83. The molecule has 0 radical (unpaired) electrons. The van der Waals surface area contributed by atoms with Gasteiger partial charge in [0, 0.05) is 45.0 Å². The van der Waals surface area contributed by atoms with Crippen molar-refractivity contribution in [3.63, 3.8) is 0 Å². The van der Waals surface area contributed by atoms with Crippen molar-refractivity contribution in [2.75, 3.05) is 33.2 Å². The van der Waals surface area contributed by atoms with Crippen LogP contribution in [0.15, 0.2) is 28.0 Å². The van der Waals surface area contributed by atoms with Crippen LogP contribution in [0, 0.1) is 0 Å². The number of hydrogen-bond donors (Lipinski definition) is 2. The highest BCUT2D eigenvalue weighted by molar-refractivity contribution is 5.69. The summed E-state index contributed by atoms with van der Waals surface area (Å²) in [6, 6.07) is 3.64. The lowest BCUT2D eigenvalue weighted by atomic mass is 10.1. The van der Waals surface area contributed by atoms with Gasteiger partial charge in [-0.3, -0.25) is 13.9 Å². The molecule has 0 fully saturated rings. The van der Waals surface area contributed by atoms with Crippen molar-refractivity contribution in [1.82, 2.24) is 18.7 Å². The summed E-state index contributed by atoms with van der Waals surface area (Å²) < 4.78 is 20.5. The molecule has 1 unspecified atom stereocenters. The predicted molar refractivity (Wildman–Crippen MR) is 148 cm³/mol. The van der Waals surface area contributed by atoms with Crippen LogP contribution in [0.25, 0.3) is 11.2 Å². The molecule has 3 aromatic rings. The molecule has 0 spiro atoms. The smallest absolute Gasteiger partial charge is 0.332 e. The van der Waals surface area contributed by atoms with E-state index in [-0.39, 0.29) is 11.2 Å². The standard InChI is InChI=1S/C27H41N5O6/c1-30-18-29-25-23(30)26(34)32(27(35)31(25)2)14-12-10-8-6-7-9-11-13-20(33)17-28-19-15-21(36-3)24(38-5)22(16-19)37-4/h15-16,18,20,28,33H,6-14,17H2,1-5H3. The van der Waals surface area contributed by atoms with Crippen molar-refractivity contribution >= 4 is 16.9 Å². The van der Waals surface area contributed by atoms with Crippen LogP contribution in [-0.2, 0) is 20.6 Å². The summed E-state index contributed by atoms with van der Waals surface area (Å²) in [4.78, 5) is 29.4. The predicted octanol–water partition coefficient (Wildman–Crippen LogP) is 3.05. The van der Waals surface area contributed by atoms with Crippen LogP contribution in [-0.4, -0.2) is 57.8 Å². The van der Waals surface area contributed by atoms with Gasteiger partial charge in [-0.15, -0.1) is 0 Å². The molecule has 0 saturated heterocycles. The molecule has 0 aliphatic rings. The van der Waals surface area contributed by atoms with E-state index in [4.69, 9.17) is 14.2 Å². The van der Waals surface area contributed by atoms with Gasteiger partial charge < -0.3 is 29.2 Å². The molecule has 3 rings (SSSR count). The van der Waals surface area contributed by atoms with Crippen LogP contribution < -0.4 is 30.8 Å². The highest BCUT2D eigenvalue weighted by atomic mass is 16.5. The lowest BCUT2D eigenvalue weighted by Crippen LogP contribution is -2.39. The zero-order valence-corrected chi connectivity index (χ0v) is 23.2. The maximum Gasteiger partial charge on any atom is 0.332 e. The minimum Gasteiger partial charge on any atom is -0.493 e. The Balaban J connectivity index is 1.31. The van der Waals surface area contributed by atoms with E-state index in [1.54, 1.807) is 46.3 Å². The lowest BCUT2D eigenvalue weighted by molar-refractivity contribution is 0.173. The van der Waals surface area contributed by atoms with Crippen molar-refractivity contribution in [2.24, 2.45) is 14.1 Å². The van der Waals surface area contributed by atoms with Gasteiger partial charge in [0.05, 0.1) is 33.8 Å². The molecule has 11 heteroatoms. The van der Waals surface area contributed by atoms with E-state index >= 15 is 0 Å². The first-order chi connectivity index (χ1) is 18.3. The number of benzene rings is 1. The summed E-state index contributed by atoms with van der Waals surface area (Å²) in [5.74, 6) is 1.66. The first-order valence-corrected chi connectivity index (χ1v) is 13.1. The van der Waals surface area contributed by atoms with Gasteiger partial charge in [-0.25, -0.2) is 9.78 Å². The number of nitrogens with one attached hydrogen (secondary N) is 1. The Labute approximate surface area is 223 Å². The van der Waals surface area contributed by atoms with Gasteiger partial charge in [-0.2, -0.15) is 0 Å². The fourth-order valence-electron chi connectivity index (χ4n) is 4.65. The lowest BCUT2D eigenvalue weighted by Gasteiger charge is -2.17. The zero-order chi connectivity index (χ0) is 27.7. The first kappa shape index (κ1) is 29.1. The molecule has 1 atom stereocenters. The molecule has 210 valence electrons. The monoisotopic (exact) mass is 531 g/mol. The molecule has 2 heterocycles. The first-order valence-electron chi connectivity index (χ1n) is 13.1. The molecule has 11 nitrogen and oxygen atoms in total. The molecule has 0 aliphatic heterocycles. The summed E-state index contributed by atoms with van der Waals surface area (Å²) in [5.41, 5.74) is 1.06. The number of fused-ring (bicyclic) bond motifs is 1. The number of unbranched alkanes of at least 4 members (excludes halogenated alkanes) is 6. The zero-order valence-electron chi connectivity index (χ0n) is 23.2. The second-order valence-electron chi connectivity index (χ2n) is 9.54. The van der Waals surface area contributed by atoms with E-state index in [0.29, 0.717) is 41.5 Å².